The fourth-order valence-corrected chi connectivity index (χ4v) is 4.57. The summed E-state index contributed by atoms with van der Waals surface area (Å²) in [7, 11) is 5.42. The predicted molar refractivity (Wildman–Crippen MR) is 131 cm³/mol. The van der Waals surface area contributed by atoms with E-state index in [2.05, 4.69) is 33.1 Å². The van der Waals surface area contributed by atoms with Crippen molar-refractivity contribution in [1.29, 1.82) is 0 Å². The summed E-state index contributed by atoms with van der Waals surface area (Å²) >= 11 is 1.64. The van der Waals surface area contributed by atoms with Crippen LogP contribution < -0.4 is 10.6 Å². The normalized spacial score (nSPS) is 15.5. The Labute approximate surface area is 194 Å². The molecular formula is C21H30IN5OS. The molecular weight excluding hydrogens is 497 g/mol. The number of hydrogen-bond donors (Lipinski definition) is 2. The molecule has 2 N–H and O–H groups in total. The van der Waals surface area contributed by atoms with Crippen LogP contribution in [0.5, 0.6) is 0 Å². The number of aliphatic imine (C=N–C) groups is 1. The van der Waals surface area contributed by atoms with Crippen molar-refractivity contribution in [2.75, 3.05) is 27.7 Å². The first kappa shape index (κ1) is 23.6. The number of nitrogens with one attached hydrogen (secondary N) is 2. The van der Waals surface area contributed by atoms with Crippen molar-refractivity contribution in [2.45, 2.75) is 32.2 Å². The summed E-state index contributed by atoms with van der Waals surface area (Å²) in [5.74, 6) is 0.909. The number of thiazole rings is 1. The van der Waals surface area contributed by atoms with Gasteiger partial charge in [-0.15, -0.1) is 35.3 Å². The Morgan fingerprint density at radius 2 is 1.90 bits per heavy atom. The van der Waals surface area contributed by atoms with Gasteiger partial charge in [0.1, 0.15) is 5.01 Å². The van der Waals surface area contributed by atoms with E-state index in [1.807, 2.05) is 32.3 Å². The first-order chi connectivity index (χ1) is 13.5. The third-order valence-electron chi connectivity index (χ3n) is 5.25. The molecule has 1 fully saturated rings. The average Bonchev–Trinajstić information content (AvgIpc) is 3.38. The van der Waals surface area contributed by atoms with Gasteiger partial charge in [0, 0.05) is 38.6 Å². The summed E-state index contributed by atoms with van der Waals surface area (Å²) in [6.45, 7) is 1.20. The smallest absolute Gasteiger partial charge is 0.230 e. The second kappa shape index (κ2) is 10.9. The van der Waals surface area contributed by atoms with Crippen molar-refractivity contribution < 1.29 is 4.79 Å². The van der Waals surface area contributed by atoms with Crippen LogP contribution in [0.3, 0.4) is 0 Å². The molecule has 1 saturated carbocycles. The monoisotopic (exact) mass is 527 g/mol. The van der Waals surface area contributed by atoms with Gasteiger partial charge < -0.3 is 15.5 Å². The Morgan fingerprint density at radius 3 is 2.52 bits per heavy atom. The molecule has 1 aliphatic rings. The standard InChI is InChI=1S/C21H29N5OS.HI/c1-22-20(24-15-21(11-7-8-12-21)19(27)26(2)3)23-13-17-14-28-18(25-17)16-9-5-4-6-10-16;/h4-6,9-10,14H,7-8,11-13,15H2,1-3H3,(H2,22,23,24);1H. The van der Waals surface area contributed by atoms with Crippen molar-refractivity contribution in [1.82, 2.24) is 20.5 Å². The second-order valence-corrected chi connectivity index (χ2v) is 8.33. The van der Waals surface area contributed by atoms with Crippen LogP contribution in [0.1, 0.15) is 31.4 Å². The molecule has 0 bridgehead atoms. The number of rotatable bonds is 6. The Kier molecular flexibility index (Phi) is 8.88. The van der Waals surface area contributed by atoms with Gasteiger partial charge in [0.15, 0.2) is 5.96 Å². The minimum Gasteiger partial charge on any atom is -0.355 e. The first-order valence-electron chi connectivity index (χ1n) is 9.70. The zero-order valence-corrected chi connectivity index (χ0v) is 20.4. The summed E-state index contributed by atoms with van der Waals surface area (Å²) in [5.41, 5.74) is 1.79. The van der Waals surface area contributed by atoms with E-state index in [9.17, 15) is 4.79 Å². The second-order valence-electron chi connectivity index (χ2n) is 7.48. The van der Waals surface area contributed by atoms with E-state index < -0.39 is 0 Å². The van der Waals surface area contributed by atoms with Gasteiger partial charge in [0.25, 0.3) is 0 Å². The van der Waals surface area contributed by atoms with Gasteiger partial charge in [-0.3, -0.25) is 9.79 Å². The van der Waals surface area contributed by atoms with Crippen LogP contribution >= 0.6 is 35.3 Å². The third kappa shape index (κ3) is 5.91. The quantitative estimate of drug-likeness (QED) is 0.341. The first-order valence-corrected chi connectivity index (χ1v) is 10.6. The summed E-state index contributed by atoms with van der Waals surface area (Å²) < 4.78 is 0. The van der Waals surface area contributed by atoms with Crippen LogP contribution in [0.4, 0.5) is 0 Å². The maximum Gasteiger partial charge on any atom is 0.230 e. The van der Waals surface area contributed by atoms with Gasteiger partial charge in [-0.25, -0.2) is 4.98 Å². The number of benzene rings is 1. The number of carbonyl (C=O) groups excluding carboxylic acids is 1. The van der Waals surface area contributed by atoms with Crippen molar-refractivity contribution in [3.63, 3.8) is 0 Å². The number of hydrogen-bond acceptors (Lipinski definition) is 4. The number of amides is 1. The molecule has 0 aliphatic heterocycles. The molecule has 6 nitrogen and oxygen atoms in total. The van der Waals surface area contributed by atoms with Gasteiger partial charge in [-0.1, -0.05) is 43.2 Å². The molecule has 29 heavy (non-hydrogen) atoms. The van der Waals surface area contributed by atoms with E-state index >= 15 is 0 Å². The molecule has 1 amide bonds. The molecule has 158 valence electrons. The molecule has 0 spiro atoms. The lowest BCUT2D eigenvalue weighted by Crippen LogP contribution is -2.49. The molecule has 3 rings (SSSR count). The van der Waals surface area contributed by atoms with E-state index in [1.165, 1.54) is 0 Å². The Hall–Kier alpha value is -1.68. The number of aromatic nitrogens is 1. The number of guanidine groups is 1. The molecule has 1 aromatic heterocycles. The van der Waals surface area contributed by atoms with Gasteiger partial charge in [0.2, 0.25) is 5.91 Å². The highest BCUT2D eigenvalue weighted by atomic mass is 127. The molecule has 0 saturated heterocycles. The lowest BCUT2D eigenvalue weighted by molar-refractivity contribution is -0.138. The van der Waals surface area contributed by atoms with Gasteiger partial charge in [-0.05, 0) is 12.8 Å². The zero-order chi connectivity index (χ0) is 20.0. The summed E-state index contributed by atoms with van der Waals surface area (Å²) in [6, 6.07) is 10.2. The molecule has 1 aromatic carbocycles. The van der Waals surface area contributed by atoms with Crippen LogP contribution in [0.2, 0.25) is 0 Å². The Bertz CT molecular complexity index is 815. The number of halogens is 1. The van der Waals surface area contributed by atoms with E-state index in [0.29, 0.717) is 19.0 Å². The zero-order valence-electron chi connectivity index (χ0n) is 17.3. The SMILES string of the molecule is CN=C(NCc1csc(-c2ccccc2)n1)NCC1(C(=O)N(C)C)CCCC1.I. The van der Waals surface area contributed by atoms with Gasteiger partial charge in [0.05, 0.1) is 17.7 Å². The van der Waals surface area contributed by atoms with Crippen LogP contribution in [0.15, 0.2) is 40.7 Å². The van der Waals surface area contributed by atoms with Gasteiger partial charge in [-0.2, -0.15) is 0 Å². The fourth-order valence-electron chi connectivity index (χ4n) is 3.74. The molecule has 0 radical (unpaired) electrons. The molecule has 0 atom stereocenters. The topological polar surface area (TPSA) is 69.6 Å². The summed E-state index contributed by atoms with van der Waals surface area (Å²) in [4.78, 5) is 23.4. The lowest BCUT2D eigenvalue weighted by Gasteiger charge is -2.31. The molecule has 0 unspecified atom stereocenters. The molecule has 1 aliphatic carbocycles. The summed E-state index contributed by atoms with van der Waals surface area (Å²) in [5, 5.41) is 9.76. The van der Waals surface area contributed by atoms with Crippen molar-refractivity contribution in [3.05, 3.63) is 41.4 Å². The molecule has 2 aromatic rings. The highest BCUT2D eigenvalue weighted by Crippen LogP contribution is 2.38. The van der Waals surface area contributed by atoms with E-state index in [-0.39, 0.29) is 35.3 Å². The Morgan fingerprint density at radius 1 is 1.21 bits per heavy atom. The molecule has 1 heterocycles. The highest BCUT2D eigenvalue weighted by molar-refractivity contribution is 14.0. The summed E-state index contributed by atoms with van der Waals surface area (Å²) in [6.07, 6.45) is 4.07. The fraction of sp³-hybridized carbons (Fsp3) is 0.476. The highest BCUT2D eigenvalue weighted by Gasteiger charge is 2.42. The largest absolute Gasteiger partial charge is 0.355 e. The van der Waals surface area contributed by atoms with Crippen LogP contribution in [-0.4, -0.2) is 49.4 Å². The minimum atomic E-state index is -0.317. The maximum absolute atomic E-state index is 12.7. The van der Waals surface area contributed by atoms with Crippen LogP contribution in [0, 0.1) is 5.41 Å². The van der Waals surface area contributed by atoms with E-state index in [1.54, 1.807) is 23.3 Å². The van der Waals surface area contributed by atoms with Crippen LogP contribution in [0.25, 0.3) is 10.6 Å². The Balaban J connectivity index is 0.00000300. The van der Waals surface area contributed by atoms with Crippen molar-refractivity contribution in [2.24, 2.45) is 10.4 Å². The minimum absolute atomic E-state index is 0. The van der Waals surface area contributed by atoms with E-state index in [4.69, 9.17) is 4.98 Å². The van der Waals surface area contributed by atoms with Crippen LogP contribution in [-0.2, 0) is 11.3 Å². The third-order valence-corrected chi connectivity index (χ3v) is 6.19. The van der Waals surface area contributed by atoms with Gasteiger partial charge >= 0.3 is 0 Å². The lowest BCUT2D eigenvalue weighted by atomic mass is 9.84. The maximum atomic E-state index is 12.7. The van der Waals surface area contributed by atoms with Crippen molar-refractivity contribution >= 4 is 47.2 Å². The molecule has 8 heteroatoms. The van der Waals surface area contributed by atoms with Crippen molar-refractivity contribution in [3.8, 4) is 10.6 Å². The average molecular weight is 527 g/mol. The number of nitrogens with zero attached hydrogens (tertiary/aromatic N) is 3. The van der Waals surface area contributed by atoms with E-state index in [0.717, 1.165) is 41.9 Å². The predicted octanol–water partition coefficient (Wildman–Crippen LogP) is 3.74. The number of carbonyl (C=O) groups is 1.